The van der Waals surface area contributed by atoms with Crippen LogP contribution in [0, 0.1) is 0 Å². The van der Waals surface area contributed by atoms with Crippen molar-refractivity contribution >= 4 is 46.7 Å². The van der Waals surface area contributed by atoms with Crippen LogP contribution in [0.4, 0.5) is 5.95 Å². The fraction of sp³-hybridized carbons (Fsp3) is 0. The fourth-order valence-corrected chi connectivity index (χ4v) is 1.77. The molecule has 1 amide bonds. The highest BCUT2D eigenvalue weighted by Gasteiger charge is 2.13. The van der Waals surface area contributed by atoms with Gasteiger partial charge < -0.3 is 0 Å². The number of rotatable bonds is 2. The van der Waals surface area contributed by atoms with Gasteiger partial charge in [0.05, 0.1) is 15.6 Å². The SMILES string of the molecule is O=C(Nc1nccc(Cl)n1)c1cccc(Cl)c1Cl. The van der Waals surface area contributed by atoms with Gasteiger partial charge in [0.15, 0.2) is 0 Å². The topological polar surface area (TPSA) is 54.9 Å². The molecule has 0 aliphatic carbocycles. The lowest BCUT2D eigenvalue weighted by Gasteiger charge is -2.06. The molecule has 0 fully saturated rings. The minimum absolute atomic E-state index is 0.101. The minimum Gasteiger partial charge on any atom is -0.290 e. The van der Waals surface area contributed by atoms with Crippen molar-refractivity contribution in [3.63, 3.8) is 0 Å². The summed E-state index contributed by atoms with van der Waals surface area (Å²) in [7, 11) is 0. The number of anilines is 1. The summed E-state index contributed by atoms with van der Waals surface area (Å²) in [6.45, 7) is 0. The second-order valence-corrected chi connectivity index (χ2v) is 4.43. The molecule has 1 aromatic carbocycles. The molecule has 0 aliphatic heterocycles. The molecule has 2 rings (SSSR count). The number of carbonyl (C=O) groups excluding carboxylic acids is 1. The third kappa shape index (κ3) is 2.90. The maximum Gasteiger partial charge on any atom is 0.259 e. The normalized spacial score (nSPS) is 10.2. The van der Waals surface area contributed by atoms with Gasteiger partial charge in [-0.25, -0.2) is 9.97 Å². The van der Waals surface area contributed by atoms with Crippen LogP contribution < -0.4 is 5.32 Å². The molecule has 1 N–H and O–H groups in total. The third-order valence-corrected chi connectivity index (χ3v) is 3.07. The Morgan fingerprint density at radius 1 is 1.17 bits per heavy atom. The van der Waals surface area contributed by atoms with Crippen LogP contribution in [0.2, 0.25) is 15.2 Å². The van der Waals surface area contributed by atoms with Gasteiger partial charge in [-0.15, -0.1) is 0 Å². The number of nitrogens with one attached hydrogen (secondary N) is 1. The van der Waals surface area contributed by atoms with Gasteiger partial charge in [0.1, 0.15) is 5.15 Å². The van der Waals surface area contributed by atoms with Crippen LogP contribution in [0.25, 0.3) is 0 Å². The summed E-state index contributed by atoms with van der Waals surface area (Å²) in [5.74, 6) is -0.353. The van der Waals surface area contributed by atoms with Gasteiger partial charge in [-0.1, -0.05) is 40.9 Å². The number of benzene rings is 1. The lowest BCUT2D eigenvalue weighted by atomic mass is 10.2. The van der Waals surface area contributed by atoms with Crippen LogP contribution in [0.3, 0.4) is 0 Å². The van der Waals surface area contributed by atoms with E-state index in [2.05, 4.69) is 15.3 Å². The summed E-state index contributed by atoms with van der Waals surface area (Å²) >= 11 is 17.4. The van der Waals surface area contributed by atoms with Crippen molar-refractivity contribution in [2.24, 2.45) is 0 Å². The van der Waals surface area contributed by atoms with Crippen LogP contribution >= 0.6 is 34.8 Å². The lowest BCUT2D eigenvalue weighted by Crippen LogP contribution is -2.14. The van der Waals surface area contributed by atoms with Gasteiger partial charge in [0.2, 0.25) is 5.95 Å². The van der Waals surface area contributed by atoms with E-state index in [1.807, 2.05) is 0 Å². The lowest BCUT2D eigenvalue weighted by molar-refractivity contribution is 0.102. The van der Waals surface area contributed by atoms with Crippen LogP contribution in [-0.4, -0.2) is 15.9 Å². The first-order chi connectivity index (χ1) is 8.58. The summed E-state index contributed by atoms with van der Waals surface area (Å²) in [5.41, 5.74) is 0.243. The number of aromatic nitrogens is 2. The molecule has 0 radical (unpaired) electrons. The van der Waals surface area contributed by atoms with E-state index >= 15 is 0 Å². The molecule has 4 nitrogen and oxygen atoms in total. The summed E-state index contributed by atoms with van der Waals surface area (Å²) in [5, 5.41) is 3.19. The van der Waals surface area contributed by atoms with Crippen LogP contribution in [0.1, 0.15) is 10.4 Å². The van der Waals surface area contributed by atoms with Gasteiger partial charge in [-0.05, 0) is 18.2 Å². The molecule has 92 valence electrons. The van der Waals surface area contributed by atoms with Gasteiger partial charge in [-0.3, -0.25) is 10.1 Å². The smallest absolute Gasteiger partial charge is 0.259 e. The molecule has 0 atom stereocenters. The first kappa shape index (κ1) is 13.1. The van der Waals surface area contributed by atoms with Crippen molar-refractivity contribution in [3.05, 3.63) is 51.2 Å². The van der Waals surface area contributed by atoms with E-state index in [-0.39, 0.29) is 21.7 Å². The average Bonchev–Trinajstić information content (AvgIpc) is 2.32. The number of halogens is 3. The Morgan fingerprint density at radius 3 is 2.67 bits per heavy atom. The van der Waals surface area contributed by atoms with Crippen molar-refractivity contribution < 1.29 is 4.79 Å². The molecule has 1 heterocycles. The summed E-state index contributed by atoms with van der Waals surface area (Å²) in [4.78, 5) is 19.6. The van der Waals surface area contributed by atoms with Gasteiger partial charge in [0, 0.05) is 6.20 Å². The van der Waals surface area contributed by atoms with Crippen molar-refractivity contribution in [1.29, 1.82) is 0 Å². The second-order valence-electron chi connectivity index (χ2n) is 3.26. The Balaban J connectivity index is 2.25. The third-order valence-electron chi connectivity index (χ3n) is 2.04. The van der Waals surface area contributed by atoms with Crippen molar-refractivity contribution in [2.45, 2.75) is 0 Å². The predicted octanol–water partition coefficient (Wildman–Crippen LogP) is 3.69. The van der Waals surface area contributed by atoms with Crippen LogP contribution in [0.15, 0.2) is 30.5 Å². The molecule has 0 bridgehead atoms. The predicted molar refractivity (Wildman–Crippen MR) is 71.5 cm³/mol. The zero-order chi connectivity index (χ0) is 13.1. The van der Waals surface area contributed by atoms with Gasteiger partial charge in [-0.2, -0.15) is 0 Å². The summed E-state index contributed by atoms with van der Waals surface area (Å²) in [6, 6.07) is 6.27. The maximum absolute atomic E-state index is 11.9. The minimum atomic E-state index is -0.454. The fourth-order valence-electron chi connectivity index (χ4n) is 1.24. The Labute approximate surface area is 118 Å². The van der Waals surface area contributed by atoms with E-state index in [4.69, 9.17) is 34.8 Å². The highest BCUT2D eigenvalue weighted by atomic mass is 35.5. The quantitative estimate of drug-likeness (QED) is 0.861. The molecule has 18 heavy (non-hydrogen) atoms. The first-order valence-corrected chi connectivity index (χ1v) is 5.95. The molecule has 0 saturated heterocycles. The zero-order valence-corrected chi connectivity index (χ0v) is 11.1. The first-order valence-electron chi connectivity index (χ1n) is 4.82. The van der Waals surface area contributed by atoms with E-state index < -0.39 is 5.91 Å². The molecule has 0 spiro atoms. The number of amides is 1. The van der Waals surface area contributed by atoms with Crippen LogP contribution in [-0.2, 0) is 0 Å². The zero-order valence-electron chi connectivity index (χ0n) is 8.82. The number of hydrogen-bond acceptors (Lipinski definition) is 3. The van der Waals surface area contributed by atoms with Crippen molar-refractivity contribution in [3.8, 4) is 0 Å². The number of nitrogens with zero attached hydrogens (tertiary/aromatic N) is 2. The van der Waals surface area contributed by atoms with E-state index in [1.165, 1.54) is 12.3 Å². The summed E-state index contributed by atoms with van der Waals surface area (Å²) < 4.78 is 0. The van der Waals surface area contributed by atoms with Gasteiger partial charge in [0.25, 0.3) is 5.91 Å². The Bertz CT molecular complexity index is 604. The second kappa shape index (κ2) is 5.52. The standard InChI is InChI=1S/C11H6Cl3N3O/c12-7-3-1-2-6(9(7)14)10(18)17-11-15-5-4-8(13)16-11/h1-5H,(H,15,16,17,18). The molecule has 0 aliphatic rings. The van der Waals surface area contributed by atoms with Crippen molar-refractivity contribution in [1.82, 2.24) is 9.97 Å². The molecule has 0 unspecified atom stereocenters. The molecular formula is C11H6Cl3N3O. The van der Waals surface area contributed by atoms with Crippen molar-refractivity contribution in [2.75, 3.05) is 5.32 Å². The number of carbonyl (C=O) groups is 1. The molecular weight excluding hydrogens is 296 g/mol. The highest BCUT2D eigenvalue weighted by molar-refractivity contribution is 6.44. The van der Waals surface area contributed by atoms with E-state index in [0.29, 0.717) is 5.02 Å². The monoisotopic (exact) mass is 301 g/mol. The van der Waals surface area contributed by atoms with E-state index in [1.54, 1.807) is 18.2 Å². The molecule has 7 heteroatoms. The molecule has 2 aromatic rings. The average molecular weight is 303 g/mol. The Morgan fingerprint density at radius 2 is 1.94 bits per heavy atom. The molecule has 0 saturated carbocycles. The van der Waals surface area contributed by atoms with Crippen LogP contribution in [0.5, 0.6) is 0 Å². The van der Waals surface area contributed by atoms with E-state index in [0.717, 1.165) is 0 Å². The summed E-state index contributed by atoms with van der Waals surface area (Å²) in [6.07, 6.45) is 1.44. The molecule has 1 aromatic heterocycles. The van der Waals surface area contributed by atoms with Gasteiger partial charge >= 0.3 is 0 Å². The highest BCUT2D eigenvalue weighted by Crippen LogP contribution is 2.25. The Hall–Kier alpha value is -1.36. The van der Waals surface area contributed by atoms with E-state index in [9.17, 15) is 4.79 Å². The Kier molecular flexibility index (Phi) is 4.01. The number of hydrogen-bond donors (Lipinski definition) is 1. The maximum atomic E-state index is 11.9. The largest absolute Gasteiger partial charge is 0.290 e.